The molecule has 0 saturated heterocycles. The van der Waals surface area contributed by atoms with E-state index >= 15 is 0 Å². The Morgan fingerprint density at radius 3 is 1.23 bits per heavy atom. The van der Waals surface area contributed by atoms with Gasteiger partial charge in [0, 0.05) is 6.42 Å². The molecule has 3 N–H and O–H groups in total. The fourth-order valence-corrected chi connectivity index (χ4v) is 8.65. The molecule has 6 nitrogen and oxygen atoms in total. The minimum atomic E-state index is -0.789. The SMILES string of the molecule is CCCCC/C=C/C=C/CCCCCCCCC(=O)OC(CCCCCCCCC/C=C/CCCCCCCC)CC(=O)NC(CO)C(O)CCCCCCCCCCCCCCC. The first-order chi connectivity index (χ1) is 31.5. The van der Waals surface area contributed by atoms with E-state index < -0.39 is 18.2 Å². The second kappa shape index (κ2) is 52.1. The Bertz CT molecular complexity index is 1060. The van der Waals surface area contributed by atoms with Crippen LogP contribution in [0.4, 0.5) is 0 Å². The molecule has 0 heterocycles. The lowest BCUT2D eigenvalue weighted by Gasteiger charge is -2.24. The van der Waals surface area contributed by atoms with E-state index in [1.807, 2.05) is 0 Å². The van der Waals surface area contributed by atoms with Gasteiger partial charge in [-0.3, -0.25) is 9.59 Å². The molecule has 0 aliphatic carbocycles. The molecular weight excluding hydrogens is 791 g/mol. The van der Waals surface area contributed by atoms with E-state index in [9.17, 15) is 19.8 Å². The highest BCUT2D eigenvalue weighted by atomic mass is 16.5. The van der Waals surface area contributed by atoms with Crippen LogP contribution in [0.2, 0.25) is 0 Å². The Hall–Kier alpha value is -1.92. The summed E-state index contributed by atoms with van der Waals surface area (Å²) in [6.07, 6.45) is 62.0. The van der Waals surface area contributed by atoms with Crippen molar-refractivity contribution in [2.24, 2.45) is 0 Å². The molecule has 3 unspecified atom stereocenters. The first kappa shape index (κ1) is 62.1. The second-order valence-corrected chi connectivity index (χ2v) is 19.4. The van der Waals surface area contributed by atoms with Crippen LogP contribution in [0.5, 0.6) is 0 Å². The minimum absolute atomic E-state index is 0.0726. The van der Waals surface area contributed by atoms with Crippen LogP contribution in [0.1, 0.15) is 297 Å². The van der Waals surface area contributed by atoms with E-state index in [0.29, 0.717) is 19.3 Å². The summed E-state index contributed by atoms with van der Waals surface area (Å²) in [4.78, 5) is 26.2. The molecule has 0 rings (SSSR count). The Morgan fingerprint density at radius 1 is 0.453 bits per heavy atom. The maximum absolute atomic E-state index is 13.3. The van der Waals surface area contributed by atoms with Gasteiger partial charge in [0.05, 0.1) is 25.2 Å². The number of carbonyl (C=O) groups is 2. The Morgan fingerprint density at radius 2 is 0.797 bits per heavy atom. The van der Waals surface area contributed by atoms with Crippen LogP contribution in [-0.2, 0) is 14.3 Å². The monoisotopic (exact) mass is 900 g/mol. The molecule has 0 aliphatic heterocycles. The van der Waals surface area contributed by atoms with Gasteiger partial charge >= 0.3 is 5.97 Å². The van der Waals surface area contributed by atoms with Crippen molar-refractivity contribution < 1.29 is 24.5 Å². The largest absolute Gasteiger partial charge is 0.462 e. The molecule has 6 heteroatoms. The molecule has 0 radical (unpaired) electrons. The highest BCUT2D eigenvalue weighted by Gasteiger charge is 2.24. The van der Waals surface area contributed by atoms with E-state index in [0.717, 1.165) is 57.8 Å². The van der Waals surface area contributed by atoms with E-state index in [-0.39, 0.29) is 24.9 Å². The Labute approximate surface area is 398 Å². The fraction of sp³-hybridized carbons (Fsp3) is 0.862. The predicted octanol–water partition coefficient (Wildman–Crippen LogP) is 17.2. The van der Waals surface area contributed by atoms with Crippen molar-refractivity contribution in [1.82, 2.24) is 5.32 Å². The van der Waals surface area contributed by atoms with Gasteiger partial charge < -0.3 is 20.3 Å². The van der Waals surface area contributed by atoms with Gasteiger partial charge in [0.1, 0.15) is 6.10 Å². The van der Waals surface area contributed by atoms with Crippen molar-refractivity contribution >= 4 is 11.9 Å². The summed E-state index contributed by atoms with van der Waals surface area (Å²) in [5.74, 6) is -0.479. The van der Waals surface area contributed by atoms with Gasteiger partial charge in [0.2, 0.25) is 5.91 Å². The summed E-state index contributed by atoms with van der Waals surface area (Å²) in [6, 6.07) is -0.704. The lowest BCUT2D eigenvalue weighted by molar-refractivity contribution is -0.151. The van der Waals surface area contributed by atoms with Gasteiger partial charge in [-0.05, 0) is 77.0 Å². The van der Waals surface area contributed by atoms with E-state index in [1.165, 1.54) is 193 Å². The lowest BCUT2D eigenvalue weighted by Crippen LogP contribution is -2.46. The summed E-state index contributed by atoms with van der Waals surface area (Å²) in [5, 5.41) is 23.8. The van der Waals surface area contributed by atoms with Gasteiger partial charge in [-0.2, -0.15) is 0 Å². The van der Waals surface area contributed by atoms with Crippen LogP contribution in [0.25, 0.3) is 0 Å². The van der Waals surface area contributed by atoms with Gasteiger partial charge in [-0.15, -0.1) is 0 Å². The maximum Gasteiger partial charge on any atom is 0.306 e. The molecule has 0 saturated carbocycles. The highest BCUT2D eigenvalue weighted by molar-refractivity contribution is 5.77. The Kier molecular flexibility index (Phi) is 50.5. The number of allylic oxidation sites excluding steroid dienone is 6. The number of rotatable bonds is 51. The van der Waals surface area contributed by atoms with Crippen LogP contribution >= 0.6 is 0 Å². The van der Waals surface area contributed by atoms with Gasteiger partial charge in [-0.1, -0.05) is 243 Å². The average Bonchev–Trinajstić information content (AvgIpc) is 3.29. The summed E-state index contributed by atoms with van der Waals surface area (Å²) >= 11 is 0. The number of nitrogens with one attached hydrogen (secondary N) is 1. The number of hydrogen-bond donors (Lipinski definition) is 3. The van der Waals surface area contributed by atoms with Crippen LogP contribution < -0.4 is 5.32 Å². The molecule has 0 bridgehead atoms. The normalized spacial score (nSPS) is 13.4. The molecule has 1 amide bonds. The average molecular weight is 901 g/mol. The molecule has 0 fully saturated rings. The van der Waals surface area contributed by atoms with Crippen molar-refractivity contribution in [3.05, 3.63) is 36.5 Å². The summed E-state index contributed by atoms with van der Waals surface area (Å²) < 4.78 is 5.95. The third kappa shape index (κ3) is 46.6. The van der Waals surface area contributed by atoms with Crippen molar-refractivity contribution in [3.63, 3.8) is 0 Å². The third-order valence-corrected chi connectivity index (χ3v) is 13.0. The predicted molar refractivity (Wildman–Crippen MR) is 278 cm³/mol. The second-order valence-electron chi connectivity index (χ2n) is 19.4. The summed E-state index contributed by atoms with van der Waals surface area (Å²) in [7, 11) is 0. The molecule has 0 aromatic carbocycles. The zero-order valence-electron chi connectivity index (χ0n) is 42.9. The lowest BCUT2D eigenvalue weighted by atomic mass is 10.0. The van der Waals surface area contributed by atoms with Crippen LogP contribution in [-0.4, -0.2) is 46.9 Å². The fourth-order valence-electron chi connectivity index (χ4n) is 8.65. The standard InChI is InChI=1S/C58H109NO5/c1-4-7-10-13-16-19-22-25-27-28-30-32-34-37-40-43-46-49-54(64-58(63)51-48-45-42-39-36-33-29-26-23-20-17-14-11-8-5-2)52-57(62)59-55(53-60)56(61)50-47-44-41-38-35-31-24-21-18-15-12-9-6-3/h17,20,23,25-27,54-56,60-61H,4-16,18-19,21-22,24,28-53H2,1-3H3,(H,59,62)/b20-17+,26-23+,27-25+. The number of ether oxygens (including phenoxy) is 1. The van der Waals surface area contributed by atoms with E-state index in [1.54, 1.807) is 0 Å². The van der Waals surface area contributed by atoms with Crippen LogP contribution in [0, 0.1) is 0 Å². The van der Waals surface area contributed by atoms with Gasteiger partial charge in [0.15, 0.2) is 0 Å². The number of carbonyl (C=O) groups excluding carboxylic acids is 2. The first-order valence-electron chi connectivity index (χ1n) is 28.2. The van der Waals surface area contributed by atoms with Crippen molar-refractivity contribution in [2.45, 2.75) is 315 Å². The number of aliphatic hydroxyl groups excluding tert-OH is 2. The summed E-state index contributed by atoms with van der Waals surface area (Å²) in [6.45, 7) is 6.47. The molecule has 0 aromatic heterocycles. The zero-order valence-corrected chi connectivity index (χ0v) is 42.9. The molecule has 376 valence electrons. The number of unbranched alkanes of at least 4 members (excludes halogenated alkanes) is 34. The Balaban J connectivity index is 4.58. The minimum Gasteiger partial charge on any atom is -0.462 e. The smallest absolute Gasteiger partial charge is 0.306 e. The molecule has 64 heavy (non-hydrogen) atoms. The maximum atomic E-state index is 13.3. The molecule has 0 aromatic rings. The number of amides is 1. The number of hydrogen-bond acceptors (Lipinski definition) is 5. The van der Waals surface area contributed by atoms with Crippen molar-refractivity contribution in [3.8, 4) is 0 Å². The number of aliphatic hydroxyl groups is 2. The third-order valence-electron chi connectivity index (χ3n) is 13.0. The summed E-state index contributed by atoms with van der Waals surface area (Å²) in [5.41, 5.74) is 0. The zero-order chi connectivity index (χ0) is 46.7. The van der Waals surface area contributed by atoms with Gasteiger partial charge in [-0.25, -0.2) is 0 Å². The van der Waals surface area contributed by atoms with E-state index in [4.69, 9.17) is 4.74 Å². The van der Waals surface area contributed by atoms with Crippen molar-refractivity contribution in [2.75, 3.05) is 6.61 Å². The number of esters is 1. The first-order valence-corrected chi connectivity index (χ1v) is 28.2. The van der Waals surface area contributed by atoms with Gasteiger partial charge in [0.25, 0.3) is 0 Å². The molecule has 0 aliphatic rings. The van der Waals surface area contributed by atoms with Crippen LogP contribution in [0.3, 0.4) is 0 Å². The van der Waals surface area contributed by atoms with Crippen molar-refractivity contribution in [1.29, 1.82) is 0 Å². The quantitative estimate of drug-likeness (QED) is 0.0245. The van der Waals surface area contributed by atoms with Crippen LogP contribution in [0.15, 0.2) is 36.5 Å². The molecule has 3 atom stereocenters. The highest BCUT2D eigenvalue weighted by Crippen LogP contribution is 2.18. The molecule has 0 spiro atoms. The molecular formula is C58H109NO5. The topological polar surface area (TPSA) is 95.9 Å². The van der Waals surface area contributed by atoms with E-state index in [2.05, 4.69) is 62.5 Å².